The average Bonchev–Trinajstić information content (AvgIpc) is 2.98. The summed E-state index contributed by atoms with van der Waals surface area (Å²) in [5.41, 5.74) is 3.96. The maximum Gasteiger partial charge on any atom is 0.238 e. The van der Waals surface area contributed by atoms with Crippen molar-refractivity contribution in [2.45, 2.75) is 28.0 Å². The van der Waals surface area contributed by atoms with Crippen molar-refractivity contribution >= 4 is 35.0 Å². The molecule has 2 aliphatic rings. The fourth-order valence-corrected chi connectivity index (χ4v) is 6.92. The zero-order chi connectivity index (χ0) is 22.4. The largest absolute Gasteiger partial charge is 0.299 e. The van der Waals surface area contributed by atoms with Gasteiger partial charge in [-0.15, -0.1) is 11.8 Å². The molecule has 162 valence electrons. The van der Waals surface area contributed by atoms with Crippen molar-refractivity contribution in [3.05, 3.63) is 131 Å². The molecule has 1 amide bonds. The van der Waals surface area contributed by atoms with Crippen LogP contribution in [0.4, 0.5) is 5.69 Å². The Morgan fingerprint density at radius 1 is 0.758 bits per heavy atom. The molecular weight excluding hydrogens is 446 g/mol. The van der Waals surface area contributed by atoms with E-state index in [4.69, 9.17) is 11.6 Å². The van der Waals surface area contributed by atoms with Crippen LogP contribution in [0.15, 0.2) is 114 Å². The lowest BCUT2D eigenvalue weighted by Gasteiger charge is -2.58. The zero-order valence-corrected chi connectivity index (χ0v) is 19.5. The van der Waals surface area contributed by atoms with Gasteiger partial charge in [-0.05, 0) is 47.4 Å². The van der Waals surface area contributed by atoms with E-state index >= 15 is 0 Å². The Bertz CT molecular complexity index is 1310. The minimum atomic E-state index is -0.497. The van der Waals surface area contributed by atoms with Crippen molar-refractivity contribution in [2.24, 2.45) is 0 Å². The molecule has 1 fully saturated rings. The molecule has 4 heteroatoms. The van der Waals surface area contributed by atoms with Crippen molar-refractivity contribution in [1.29, 1.82) is 0 Å². The summed E-state index contributed by atoms with van der Waals surface area (Å²) in [6.07, 6.45) is 0.809. The molecule has 0 radical (unpaired) electrons. The summed E-state index contributed by atoms with van der Waals surface area (Å²) >= 11 is 8.14. The number of carbonyl (C=O) groups excluding carboxylic acids is 1. The van der Waals surface area contributed by atoms with Gasteiger partial charge in [0.1, 0.15) is 0 Å². The second-order valence-electron chi connectivity index (χ2n) is 8.64. The average molecular weight is 468 g/mol. The van der Waals surface area contributed by atoms with Gasteiger partial charge in [-0.3, -0.25) is 9.69 Å². The summed E-state index contributed by atoms with van der Waals surface area (Å²) in [6.45, 7) is 0. The number of β-lactam (4-membered cyclic amide) rings is 1. The van der Waals surface area contributed by atoms with Gasteiger partial charge < -0.3 is 0 Å². The third-order valence-electron chi connectivity index (χ3n) is 6.86. The molecule has 0 aromatic heterocycles. The van der Waals surface area contributed by atoms with Gasteiger partial charge >= 0.3 is 0 Å². The molecule has 0 unspecified atom stereocenters. The summed E-state index contributed by atoms with van der Waals surface area (Å²) in [6, 6.07) is 37.2. The van der Waals surface area contributed by atoms with Crippen LogP contribution in [0.2, 0.25) is 5.02 Å². The standard InChI is InChI=1S/C29H22ClNOS/c30-23-17-15-22(16-18-23)29-19-26(20-9-3-1-4-10-20)33-25-14-8-7-13-24(25)31(29)28(32)27(29)21-11-5-2-6-12-21/h1-18,26-27H,19H2/t26-,27-,29-/m0/s1. The third kappa shape index (κ3) is 3.22. The minimum absolute atomic E-state index is 0.151. The van der Waals surface area contributed by atoms with E-state index in [9.17, 15) is 4.79 Å². The molecule has 2 nitrogen and oxygen atoms in total. The summed E-state index contributed by atoms with van der Waals surface area (Å²) in [5.74, 6) is -0.101. The summed E-state index contributed by atoms with van der Waals surface area (Å²) < 4.78 is 0. The Balaban J connectivity index is 1.61. The van der Waals surface area contributed by atoms with Crippen LogP contribution < -0.4 is 4.90 Å². The van der Waals surface area contributed by atoms with E-state index in [0.29, 0.717) is 5.02 Å². The van der Waals surface area contributed by atoms with Crippen LogP contribution in [0.1, 0.15) is 34.3 Å². The van der Waals surface area contributed by atoms with E-state index in [1.807, 2.05) is 48.2 Å². The van der Waals surface area contributed by atoms with Crippen molar-refractivity contribution in [3.8, 4) is 0 Å². The van der Waals surface area contributed by atoms with Gasteiger partial charge in [0.15, 0.2) is 0 Å². The predicted molar refractivity (Wildman–Crippen MR) is 136 cm³/mol. The van der Waals surface area contributed by atoms with Gasteiger partial charge in [0.2, 0.25) is 5.91 Å². The molecule has 3 atom stereocenters. The van der Waals surface area contributed by atoms with Crippen LogP contribution in [-0.2, 0) is 10.3 Å². The molecule has 4 aromatic rings. The normalized spacial score (nSPS) is 23.8. The number of rotatable bonds is 3. The van der Waals surface area contributed by atoms with Crippen LogP contribution in [-0.4, -0.2) is 5.91 Å². The fraction of sp³-hybridized carbons (Fsp3) is 0.138. The molecular formula is C29H22ClNOS. The highest BCUT2D eigenvalue weighted by Gasteiger charge is 2.63. The van der Waals surface area contributed by atoms with Gasteiger partial charge in [-0.25, -0.2) is 0 Å². The number of para-hydroxylation sites is 1. The van der Waals surface area contributed by atoms with E-state index < -0.39 is 5.54 Å². The number of benzene rings is 4. The van der Waals surface area contributed by atoms with Crippen molar-refractivity contribution in [2.75, 3.05) is 4.90 Å². The number of carbonyl (C=O) groups is 1. The van der Waals surface area contributed by atoms with E-state index in [2.05, 4.69) is 77.7 Å². The van der Waals surface area contributed by atoms with Gasteiger partial charge in [0.25, 0.3) is 0 Å². The highest BCUT2D eigenvalue weighted by Crippen LogP contribution is 2.63. The Morgan fingerprint density at radius 2 is 1.36 bits per heavy atom. The second kappa shape index (κ2) is 8.09. The smallest absolute Gasteiger partial charge is 0.238 e. The van der Waals surface area contributed by atoms with E-state index in [1.165, 1.54) is 5.56 Å². The quantitative estimate of drug-likeness (QED) is 0.289. The topological polar surface area (TPSA) is 20.3 Å². The van der Waals surface area contributed by atoms with E-state index in [1.54, 1.807) is 0 Å². The molecule has 2 aliphatic heterocycles. The number of nitrogens with zero attached hydrogens (tertiary/aromatic N) is 1. The molecule has 0 saturated carbocycles. The molecule has 0 bridgehead atoms. The number of halogens is 1. The van der Waals surface area contributed by atoms with Crippen LogP contribution in [0.5, 0.6) is 0 Å². The second-order valence-corrected chi connectivity index (χ2v) is 10.3. The number of thioether (sulfide) groups is 1. The monoisotopic (exact) mass is 467 g/mol. The van der Waals surface area contributed by atoms with Crippen LogP contribution >= 0.6 is 23.4 Å². The minimum Gasteiger partial charge on any atom is -0.299 e. The van der Waals surface area contributed by atoms with Crippen LogP contribution in [0.25, 0.3) is 0 Å². The lowest BCUT2D eigenvalue weighted by Crippen LogP contribution is -2.67. The maximum atomic E-state index is 13.9. The summed E-state index contributed by atoms with van der Waals surface area (Å²) in [5, 5.41) is 0.902. The van der Waals surface area contributed by atoms with Gasteiger partial charge in [-0.2, -0.15) is 0 Å². The van der Waals surface area contributed by atoms with Gasteiger partial charge in [0, 0.05) is 15.2 Å². The SMILES string of the molecule is O=C1[C@H](c2ccccc2)[C@@]2(c3ccc(Cl)cc3)C[C@@H](c3ccccc3)Sc3ccccc3N12. The lowest BCUT2D eigenvalue weighted by molar-refractivity contribution is -0.131. The highest BCUT2D eigenvalue weighted by atomic mass is 35.5. The Labute approximate surface area is 203 Å². The first-order valence-electron chi connectivity index (χ1n) is 11.1. The van der Waals surface area contributed by atoms with Crippen LogP contribution in [0.3, 0.4) is 0 Å². The molecule has 2 heterocycles. The fourth-order valence-electron chi connectivity index (χ4n) is 5.42. The Morgan fingerprint density at radius 3 is 2.06 bits per heavy atom. The maximum absolute atomic E-state index is 13.9. The lowest BCUT2D eigenvalue weighted by atomic mass is 9.63. The first-order chi connectivity index (χ1) is 16.2. The number of fused-ring (bicyclic) bond motifs is 3. The third-order valence-corrected chi connectivity index (χ3v) is 8.44. The molecule has 0 N–H and O–H groups in total. The first kappa shape index (κ1) is 20.6. The van der Waals surface area contributed by atoms with E-state index in [0.717, 1.165) is 28.1 Å². The molecule has 1 saturated heterocycles. The molecule has 6 rings (SSSR count). The Hall–Kier alpha value is -3.01. The number of anilines is 1. The molecule has 33 heavy (non-hydrogen) atoms. The molecule has 0 spiro atoms. The van der Waals surface area contributed by atoms with Gasteiger partial charge in [-0.1, -0.05) is 96.5 Å². The van der Waals surface area contributed by atoms with Crippen molar-refractivity contribution in [1.82, 2.24) is 0 Å². The number of hydrogen-bond donors (Lipinski definition) is 0. The Kier molecular flexibility index (Phi) is 5.05. The summed E-state index contributed by atoms with van der Waals surface area (Å²) in [4.78, 5) is 17.1. The van der Waals surface area contributed by atoms with Gasteiger partial charge in [0.05, 0.1) is 17.1 Å². The highest BCUT2D eigenvalue weighted by molar-refractivity contribution is 7.99. The summed E-state index contributed by atoms with van der Waals surface area (Å²) in [7, 11) is 0. The van der Waals surface area contributed by atoms with Crippen molar-refractivity contribution < 1.29 is 4.79 Å². The van der Waals surface area contributed by atoms with E-state index in [-0.39, 0.29) is 17.1 Å². The van der Waals surface area contributed by atoms with Crippen LogP contribution in [0, 0.1) is 0 Å². The predicted octanol–water partition coefficient (Wildman–Crippen LogP) is 7.60. The van der Waals surface area contributed by atoms with Crippen molar-refractivity contribution in [3.63, 3.8) is 0 Å². The molecule has 4 aromatic carbocycles. The number of hydrogen-bond acceptors (Lipinski definition) is 2. The molecule has 0 aliphatic carbocycles. The zero-order valence-electron chi connectivity index (χ0n) is 17.9. The first-order valence-corrected chi connectivity index (χ1v) is 12.4. The number of amides is 1.